The number of para-hydroxylation sites is 1. The Morgan fingerprint density at radius 3 is 2.25 bits per heavy atom. The Balaban J connectivity index is 1.66. The van der Waals surface area contributed by atoms with Gasteiger partial charge in [-0.1, -0.05) is 78.7 Å². The van der Waals surface area contributed by atoms with E-state index in [4.69, 9.17) is 23.2 Å². The first kappa shape index (κ1) is 20.7. The molecule has 5 heteroatoms. The molecule has 158 valence electrons. The molecule has 0 unspecified atom stereocenters. The van der Waals surface area contributed by atoms with Crippen LogP contribution in [0, 0.1) is 0 Å². The Morgan fingerprint density at radius 2 is 1.59 bits per heavy atom. The molecule has 1 heterocycles. The maximum absolute atomic E-state index is 12.9. The average molecular weight is 460 g/mol. The molecular weight excluding hydrogens is 441 g/mol. The zero-order chi connectivity index (χ0) is 22.4. The summed E-state index contributed by atoms with van der Waals surface area (Å²) in [7, 11) is 0. The first-order chi connectivity index (χ1) is 15.5. The van der Waals surface area contributed by atoms with Gasteiger partial charge in [0.1, 0.15) is 0 Å². The van der Waals surface area contributed by atoms with E-state index < -0.39 is 0 Å². The van der Waals surface area contributed by atoms with Crippen molar-refractivity contribution < 1.29 is 9.59 Å². The van der Waals surface area contributed by atoms with Gasteiger partial charge in [-0.3, -0.25) is 9.59 Å². The second kappa shape index (κ2) is 8.09. The third kappa shape index (κ3) is 3.38. The highest BCUT2D eigenvalue weighted by Gasteiger charge is 2.32. The Bertz CT molecular complexity index is 1410. The van der Waals surface area contributed by atoms with Gasteiger partial charge in [0.15, 0.2) is 11.6 Å². The maximum Gasteiger partial charge on any atom is 0.197 e. The van der Waals surface area contributed by atoms with E-state index in [1.165, 1.54) is 5.56 Å². The molecule has 0 bridgehead atoms. The first-order valence-electron chi connectivity index (χ1n) is 10.4. The minimum atomic E-state index is -0.223. The molecule has 1 aliphatic rings. The van der Waals surface area contributed by atoms with Gasteiger partial charge in [0, 0.05) is 44.9 Å². The molecule has 1 aromatic heterocycles. The van der Waals surface area contributed by atoms with E-state index in [2.05, 4.69) is 17.6 Å². The van der Waals surface area contributed by atoms with Gasteiger partial charge < -0.3 is 4.57 Å². The lowest BCUT2D eigenvalue weighted by Gasteiger charge is -2.10. The molecule has 3 nitrogen and oxygen atoms in total. The minimum absolute atomic E-state index is 0.205. The molecule has 0 saturated carbocycles. The summed E-state index contributed by atoms with van der Waals surface area (Å²) >= 11 is 12.5. The SMILES string of the molecule is CCc1cccc2c(C=C3C(=O)c4ccccc4C3=O)cn(Cc3ccc(Cl)cc3Cl)c12. The zero-order valence-corrected chi connectivity index (χ0v) is 18.9. The van der Waals surface area contributed by atoms with Crippen LogP contribution in [0.15, 0.2) is 72.4 Å². The summed E-state index contributed by atoms with van der Waals surface area (Å²) in [6.45, 7) is 2.66. The number of benzene rings is 3. The Kier molecular flexibility index (Phi) is 5.24. The van der Waals surface area contributed by atoms with Crippen molar-refractivity contribution in [3.8, 4) is 0 Å². The number of hydrogen-bond acceptors (Lipinski definition) is 2. The first-order valence-corrected chi connectivity index (χ1v) is 11.2. The number of allylic oxidation sites excluding steroid dienone is 1. The van der Waals surface area contributed by atoms with E-state index in [1.807, 2.05) is 30.5 Å². The number of Topliss-reactive ketones (excluding diaryl/α,β-unsaturated/α-hetero) is 2. The highest BCUT2D eigenvalue weighted by atomic mass is 35.5. The summed E-state index contributed by atoms with van der Waals surface area (Å²) in [6.07, 6.45) is 4.58. The number of hydrogen-bond donors (Lipinski definition) is 0. The largest absolute Gasteiger partial charge is 0.342 e. The summed E-state index contributed by atoms with van der Waals surface area (Å²) in [5.74, 6) is -0.446. The van der Waals surface area contributed by atoms with E-state index in [0.29, 0.717) is 27.7 Å². The molecule has 4 aromatic rings. The van der Waals surface area contributed by atoms with Gasteiger partial charge in [-0.25, -0.2) is 0 Å². The smallest absolute Gasteiger partial charge is 0.197 e. The highest BCUT2D eigenvalue weighted by molar-refractivity contribution is 6.41. The predicted molar refractivity (Wildman–Crippen MR) is 130 cm³/mol. The van der Waals surface area contributed by atoms with Crippen LogP contribution in [0.25, 0.3) is 17.0 Å². The summed E-state index contributed by atoms with van der Waals surface area (Å²) < 4.78 is 2.13. The lowest BCUT2D eigenvalue weighted by molar-refractivity contribution is 0.0990. The summed E-state index contributed by atoms with van der Waals surface area (Å²) in [4.78, 5) is 25.8. The van der Waals surface area contributed by atoms with Crippen molar-refractivity contribution in [3.63, 3.8) is 0 Å². The molecule has 0 amide bonds. The number of aromatic nitrogens is 1. The zero-order valence-electron chi connectivity index (χ0n) is 17.4. The van der Waals surface area contributed by atoms with E-state index in [-0.39, 0.29) is 17.1 Å². The molecule has 32 heavy (non-hydrogen) atoms. The summed E-state index contributed by atoms with van der Waals surface area (Å²) in [5, 5.41) is 2.19. The molecule has 0 aliphatic heterocycles. The predicted octanol–water partition coefficient (Wildman–Crippen LogP) is 7.02. The molecule has 0 radical (unpaired) electrons. The van der Waals surface area contributed by atoms with Crippen LogP contribution in [-0.2, 0) is 13.0 Å². The number of halogens is 2. The monoisotopic (exact) mass is 459 g/mol. The summed E-state index contributed by atoms with van der Waals surface area (Å²) in [6, 6.07) is 18.6. The number of aryl methyl sites for hydroxylation is 1. The molecule has 0 spiro atoms. The van der Waals surface area contributed by atoms with Gasteiger partial charge in [0.05, 0.1) is 11.1 Å². The molecule has 0 fully saturated rings. The molecule has 0 saturated heterocycles. The molecular formula is C27H19Cl2NO2. The second-order valence-corrected chi connectivity index (χ2v) is 8.72. The highest BCUT2D eigenvalue weighted by Crippen LogP contribution is 2.33. The topological polar surface area (TPSA) is 39.1 Å². The number of carbonyl (C=O) groups is 2. The van der Waals surface area contributed by atoms with Crippen molar-refractivity contribution >= 4 is 51.7 Å². The fourth-order valence-corrected chi connectivity index (χ4v) is 4.85. The normalized spacial score (nSPS) is 13.2. The van der Waals surface area contributed by atoms with Crippen molar-refractivity contribution in [1.82, 2.24) is 4.57 Å². The van der Waals surface area contributed by atoms with Crippen LogP contribution in [0.5, 0.6) is 0 Å². The third-order valence-electron chi connectivity index (χ3n) is 5.95. The number of carbonyl (C=O) groups excluding carboxylic acids is 2. The Hall–Kier alpha value is -3.14. The quantitative estimate of drug-likeness (QED) is 0.243. The molecule has 0 N–H and O–H groups in total. The molecule has 1 aliphatic carbocycles. The van der Waals surface area contributed by atoms with Crippen LogP contribution in [0.4, 0.5) is 0 Å². The fraction of sp³-hybridized carbons (Fsp3) is 0.111. The van der Waals surface area contributed by atoms with E-state index >= 15 is 0 Å². The maximum atomic E-state index is 12.9. The summed E-state index contributed by atoms with van der Waals surface area (Å²) in [5.41, 5.74) is 5.18. The van der Waals surface area contributed by atoms with Crippen molar-refractivity contribution in [2.45, 2.75) is 19.9 Å². The number of ketones is 2. The molecule has 5 rings (SSSR count). The number of nitrogens with zero attached hydrogens (tertiary/aromatic N) is 1. The van der Waals surface area contributed by atoms with Gasteiger partial charge in [0.25, 0.3) is 0 Å². The average Bonchev–Trinajstić information content (AvgIpc) is 3.26. The number of fused-ring (bicyclic) bond motifs is 2. The standard InChI is InChI=1S/C27H19Cl2NO2/c1-2-16-6-5-9-20-18(12-23-26(31)21-7-3-4-8-22(21)27(23)32)15-30(25(16)20)14-17-10-11-19(28)13-24(17)29/h3-13,15H,2,14H2,1H3. The van der Waals surface area contributed by atoms with Crippen molar-refractivity contribution in [2.24, 2.45) is 0 Å². The molecule has 3 aromatic carbocycles. The minimum Gasteiger partial charge on any atom is -0.342 e. The lowest BCUT2D eigenvalue weighted by atomic mass is 10.0. The van der Waals surface area contributed by atoms with Gasteiger partial charge in [0.2, 0.25) is 0 Å². The van der Waals surface area contributed by atoms with Gasteiger partial charge in [-0.2, -0.15) is 0 Å². The second-order valence-electron chi connectivity index (χ2n) is 7.88. The van der Waals surface area contributed by atoms with Gasteiger partial charge >= 0.3 is 0 Å². The van der Waals surface area contributed by atoms with Crippen molar-refractivity contribution in [2.75, 3.05) is 0 Å². The van der Waals surface area contributed by atoms with Gasteiger partial charge in [-0.15, -0.1) is 0 Å². The van der Waals surface area contributed by atoms with Crippen LogP contribution in [0.3, 0.4) is 0 Å². The van der Waals surface area contributed by atoms with Crippen LogP contribution in [-0.4, -0.2) is 16.1 Å². The van der Waals surface area contributed by atoms with E-state index in [0.717, 1.165) is 28.5 Å². The molecule has 0 atom stereocenters. The van der Waals surface area contributed by atoms with Crippen molar-refractivity contribution in [3.05, 3.63) is 110 Å². The Morgan fingerprint density at radius 1 is 0.875 bits per heavy atom. The third-order valence-corrected chi connectivity index (χ3v) is 6.54. The van der Waals surface area contributed by atoms with Crippen LogP contribution in [0.2, 0.25) is 10.0 Å². The van der Waals surface area contributed by atoms with Gasteiger partial charge in [-0.05, 0) is 35.8 Å². The lowest BCUT2D eigenvalue weighted by Crippen LogP contribution is -2.01. The van der Waals surface area contributed by atoms with E-state index in [1.54, 1.807) is 36.4 Å². The van der Waals surface area contributed by atoms with Crippen LogP contribution < -0.4 is 0 Å². The van der Waals surface area contributed by atoms with Crippen LogP contribution >= 0.6 is 23.2 Å². The fourth-order valence-electron chi connectivity index (χ4n) is 4.38. The van der Waals surface area contributed by atoms with E-state index in [9.17, 15) is 9.59 Å². The van der Waals surface area contributed by atoms with Crippen LogP contribution in [0.1, 0.15) is 44.3 Å². The number of rotatable bonds is 4. The van der Waals surface area contributed by atoms with Crippen molar-refractivity contribution in [1.29, 1.82) is 0 Å². The Labute approximate surface area is 195 Å².